The Morgan fingerprint density at radius 1 is 1.03 bits per heavy atom. The number of nitrogens with zero attached hydrogens (tertiary/aromatic N) is 3. The molecule has 2 aliphatic rings. The molecule has 2 aliphatic heterocycles. The molecule has 1 aromatic rings. The molecule has 1 saturated heterocycles. The number of carbonyl (C=O) groups is 3. The van der Waals surface area contributed by atoms with Gasteiger partial charge >= 0.3 is 0 Å². The Hall–Kier alpha value is -2.67. The van der Waals surface area contributed by atoms with E-state index in [2.05, 4.69) is 22.3 Å². The number of fused-ring (bicyclic) bond motifs is 1. The largest absolute Gasteiger partial charge is 0.343 e. The lowest BCUT2D eigenvalue weighted by atomic mass is 9.96. The number of nitrogens with one attached hydrogen (secondary N) is 1. The molecule has 3 rings (SSSR count). The third-order valence-corrected chi connectivity index (χ3v) is 7.67. The fourth-order valence-electron chi connectivity index (χ4n) is 5.34. The Morgan fingerprint density at radius 3 is 2.17 bits per heavy atom. The van der Waals surface area contributed by atoms with Crippen molar-refractivity contribution in [3.8, 4) is 0 Å². The summed E-state index contributed by atoms with van der Waals surface area (Å²) in [5, 5.41) is 3.05. The van der Waals surface area contributed by atoms with Gasteiger partial charge in [-0.2, -0.15) is 0 Å². The first-order valence-electron chi connectivity index (χ1n) is 13.3. The molecule has 0 bridgehead atoms. The molecule has 0 radical (unpaired) electrons. The van der Waals surface area contributed by atoms with E-state index >= 15 is 0 Å². The van der Waals surface area contributed by atoms with Crippen LogP contribution in [0.25, 0.3) is 0 Å². The zero-order chi connectivity index (χ0) is 26.6. The van der Waals surface area contributed by atoms with Gasteiger partial charge in [-0.05, 0) is 56.3 Å². The maximum absolute atomic E-state index is 13.7. The smallest absolute Gasteiger partial charge is 0.249 e. The molecular weight excluding hydrogens is 452 g/mol. The molecule has 7 heteroatoms. The highest BCUT2D eigenvalue weighted by molar-refractivity contribution is 5.94. The van der Waals surface area contributed by atoms with Gasteiger partial charge in [-0.1, -0.05) is 64.5 Å². The minimum absolute atomic E-state index is 0.00764. The number of hydrogen-bond donors (Lipinski definition) is 1. The lowest BCUT2D eigenvalue weighted by Crippen LogP contribution is -2.57. The van der Waals surface area contributed by atoms with Crippen LogP contribution in [0.1, 0.15) is 65.0 Å². The van der Waals surface area contributed by atoms with Gasteiger partial charge in [0.25, 0.3) is 0 Å². The number of likely N-dealkylation sites (tertiary alicyclic amines) is 1. The molecule has 1 N–H and O–H groups in total. The number of benzene rings is 1. The van der Waals surface area contributed by atoms with Crippen LogP contribution < -0.4 is 5.32 Å². The predicted octanol–water partition coefficient (Wildman–Crippen LogP) is 3.58. The van der Waals surface area contributed by atoms with Crippen molar-refractivity contribution in [3.05, 3.63) is 47.0 Å². The first kappa shape index (κ1) is 27.9. The molecule has 1 fully saturated rings. The Kier molecular flexibility index (Phi) is 9.34. The van der Waals surface area contributed by atoms with Crippen LogP contribution in [0.4, 0.5) is 0 Å². The highest BCUT2D eigenvalue weighted by Gasteiger charge is 2.34. The summed E-state index contributed by atoms with van der Waals surface area (Å²) >= 11 is 0. The fourth-order valence-corrected chi connectivity index (χ4v) is 5.34. The van der Waals surface area contributed by atoms with Crippen LogP contribution in [0, 0.1) is 11.8 Å². The molecule has 2 heterocycles. The average Bonchev–Trinajstić information content (AvgIpc) is 3.28. The summed E-state index contributed by atoms with van der Waals surface area (Å²) in [6.07, 6.45) is 4.86. The first-order valence-corrected chi connectivity index (χ1v) is 13.3. The summed E-state index contributed by atoms with van der Waals surface area (Å²) in [4.78, 5) is 45.6. The van der Waals surface area contributed by atoms with Gasteiger partial charge in [0, 0.05) is 25.7 Å². The molecule has 3 amide bonds. The van der Waals surface area contributed by atoms with Crippen LogP contribution in [-0.2, 0) is 27.5 Å². The minimum Gasteiger partial charge on any atom is -0.343 e. The Labute approximate surface area is 216 Å². The lowest BCUT2D eigenvalue weighted by Gasteiger charge is -2.36. The van der Waals surface area contributed by atoms with E-state index in [1.165, 1.54) is 11.1 Å². The molecule has 0 aliphatic carbocycles. The van der Waals surface area contributed by atoms with Crippen molar-refractivity contribution in [2.45, 2.75) is 85.1 Å². The number of likely N-dealkylation sites (N-methyl/N-ethyl adjacent to an activating group) is 2. The second-order valence-corrected chi connectivity index (χ2v) is 11.2. The number of amides is 3. The van der Waals surface area contributed by atoms with E-state index in [1.807, 2.05) is 64.8 Å². The van der Waals surface area contributed by atoms with Gasteiger partial charge in [-0.3, -0.25) is 19.3 Å². The first-order chi connectivity index (χ1) is 17.0. The van der Waals surface area contributed by atoms with E-state index in [9.17, 15) is 14.4 Å². The zero-order valence-electron chi connectivity index (χ0n) is 23.1. The number of hydrogen-bond acceptors (Lipinski definition) is 4. The molecule has 3 atom stereocenters. The molecule has 1 aromatic carbocycles. The second-order valence-electron chi connectivity index (χ2n) is 11.2. The van der Waals surface area contributed by atoms with Gasteiger partial charge in [0.05, 0.1) is 12.1 Å². The number of carbonyl (C=O) groups excluding carboxylic acids is 3. The van der Waals surface area contributed by atoms with Crippen LogP contribution in [0.5, 0.6) is 0 Å². The van der Waals surface area contributed by atoms with Crippen molar-refractivity contribution < 1.29 is 14.4 Å². The van der Waals surface area contributed by atoms with Crippen LogP contribution in [-0.4, -0.2) is 71.2 Å². The van der Waals surface area contributed by atoms with Crippen molar-refractivity contribution >= 4 is 17.7 Å². The molecule has 0 saturated carbocycles. The van der Waals surface area contributed by atoms with Crippen molar-refractivity contribution in [3.63, 3.8) is 0 Å². The molecule has 1 unspecified atom stereocenters. The summed E-state index contributed by atoms with van der Waals surface area (Å²) in [5.74, 6) is -0.160. The summed E-state index contributed by atoms with van der Waals surface area (Å²) in [6.45, 7) is 12.0. The standard InChI is InChI=1S/C29H44N4O3/c1-19(2)25(16-21(5)28(35)33-17-22-12-8-9-13-23(22)18-33)32(7)29(36)26(20(3)4)30-27(34)24-14-10-11-15-31(24)6/h8-9,12-13,16,19-20,24-26H,10-11,14-15,17-18H2,1-7H3,(H,30,34)/b21-16+/t24?,25-,26+/m1/s1. The molecule has 198 valence electrons. The quantitative estimate of drug-likeness (QED) is 0.559. The van der Waals surface area contributed by atoms with Crippen LogP contribution in [0.3, 0.4) is 0 Å². The summed E-state index contributed by atoms with van der Waals surface area (Å²) in [6, 6.07) is 7.07. The van der Waals surface area contributed by atoms with Crippen LogP contribution in [0.15, 0.2) is 35.9 Å². The fraction of sp³-hybridized carbons (Fsp3) is 0.621. The van der Waals surface area contributed by atoms with Crippen molar-refractivity contribution in [2.75, 3.05) is 20.6 Å². The normalized spacial score (nSPS) is 20.3. The summed E-state index contributed by atoms with van der Waals surface area (Å²) in [5.41, 5.74) is 3.01. The third kappa shape index (κ3) is 6.36. The topological polar surface area (TPSA) is 73.0 Å². The Balaban J connectivity index is 1.72. The molecule has 7 nitrogen and oxygen atoms in total. The van der Waals surface area contributed by atoms with Gasteiger partial charge in [0.15, 0.2) is 0 Å². The molecule has 36 heavy (non-hydrogen) atoms. The van der Waals surface area contributed by atoms with E-state index in [0.717, 1.165) is 25.8 Å². The number of piperidine rings is 1. The van der Waals surface area contributed by atoms with E-state index in [1.54, 1.807) is 11.9 Å². The van der Waals surface area contributed by atoms with Gasteiger partial charge in [0.2, 0.25) is 17.7 Å². The third-order valence-electron chi connectivity index (χ3n) is 7.67. The van der Waals surface area contributed by atoms with Gasteiger partial charge in [0.1, 0.15) is 6.04 Å². The minimum atomic E-state index is -0.614. The van der Waals surface area contributed by atoms with Crippen molar-refractivity contribution in [1.82, 2.24) is 20.0 Å². The van der Waals surface area contributed by atoms with Gasteiger partial charge in [-0.25, -0.2) is 0 Å². The van der Waals surface area contributed by atoms with E-state index < -0.39 is 6.04 Å². The highest BCUT2D eigenvalue weighted by atomic mass is 16.2. The Morgan fingerprint density at radius 2 is 1.64 bits per heavy atom. The second kappa shape index (κ2) is 12.0. The molecular formula is C29H44N4O3. The maximum Gasteiger partial charge on any atom is 0.249 e. The van der Waals surface area contributed by atoms with Gasteiger partial charge in [-0.15, -0.1) is 0 Å². The zero-order valence-corrected chi connectivity index (χ0v) is 23.1. The summed E-state index contributed by atoms with van der Waals surface area (Å²) in [7, 11) is 3.75. The van der Waals surface area contributed by atoms with Crippen molar-refractivity contribution in [2.24, 2.45) is 11.8 Å². The van der Waals surface area contributed by atoms with Gasteiger partial charge < -0.3 is 15.1 Å². The van der Waals surface area contributed by atoms with E-state index in [0.29, 0.717) is 18.7 Å². The maximum atomic E-state index is 13.7. The average molecular weight is 497 g/mol. The van der Waals surface area contributed by atoms with E-state index in [4.69, 9.17) is 0 Å². The van der Waals surface area contributed by atoms with Crippen LogP contribution >= 0.6 is 0 Å². The lowest BCUT2D eigenvalue weighted by molar-refractivity contribution is -0.139. The van der Waals surface area contributed by atoms with Crippen molar-refractivity contribution in [1.29, 1.82) is 0 Å². The highest BCUT2D eigenvalue weighted by Crippen LogP contribution is 2.25. The SMILES string of the molecule is C/C(=C\[C@H](C(C)C)N(C)C(=O)[C@@H](NC(=O)C1CCCCN1C)C(C)C)C(=O)N1Cc2ccccc2C1. The monoisotopic (exact) mass is 496 g/mol. The Bertz CT molecular complexity index is 961. The van der Waals surface area contributed by atoms with E-state index in [-0.39, 0.29) is 41.6 Å². The number of rotatable bonds is 8. The predicted molar refractivity (Wildman–Crippen MR) is 143 cm³/mol. The summed E-state index contributed by atoms with van der Waals surface area (Å²) < 4.78 is 0. The molecule has 0 spiro atoms. The van der Waals surface area contributed by atoms with Crippen LogP contribution in [0.2, 0.25) is 0 Å². The molecule has 0 aromatic heterocycles.